The molecule has 0 N–H and O–H groups in total. The van der Waals surface area contributed by atoms with E-state index in [0.717, 1.165) is 23.6 Å². The zero-order valence-electron chi connectivity index (χ0n) is 10.1. The van der Waals surface area contributed by atoms with Crippen molar-refractivity contribution in [2.45, 2.75) is 38.6 Å². The van der Waals surface area contributed by atoms with E-state index in [1.807, 2.05) is 12.1 Å². The van der Waals surface area contributed by atoms with E-state index in [-0.39, 0.29) is 0 Å². The fourth-order valence-electron chi connectivity index (χ4n) is 2.54. The summed E-state index contributed by atoms with van der Waals surface area (Å²) in [6.07, 6.45) is 4.14. The van der Waals surface area contributed by atoms with Crippen LogP contribution in [0.3, 0.4) is 0 Å². The Morgan fingerprint density at radius 3 is 3.06 bits per heavy atom. The SMILES string of the molecule is Cc1c(Cl)cccc1N1CCCCC1CC#N. The molecular formula is C14H17ClN2. The number of hydrogen-bond donors (Lipinski definition) is 0. The molecule has 0 spiro atoms. The maximum Gasteiger partial charge on any atom is 0.0643 e. The lowest BCUT2D eigenvalue weighted by molar-refractivity contribution is 0.464. The molecule has 17 heavy (non-hydrogen) atoms. The molecule has 0 aliphatic carbocycles. The lowest BCUT2D eigenvalue weighted by atomic mass is 9.98. The summed E-state index contributed by atoms with van der Waals surface area (Å²) in [6.45, 7) is 3.09. The summed E-state index contributed by atoms with van der Waals surface area (Å²) in [7, 11) is 0. The predicted molar refractivity (Wildman–Crippen MR) is 71.4 cm³/mol. The molecule has 3 heteroatoms. The van der Waals surface area contributed by atoms with Gasteiger partial charge in [-0.05, 0) is 43.9 Å². The summed E-state index contributed by atoms with van der Waals surface area (Å²) in [6, 6.07) is 8.67. The Hall–Kier alpha value is -1.20. The molecule has 1 aliphatic heterocycles. The Kier molecular flexibility index (Phi) is 3.91. The van der Waals surface area contributed by atoms with E-state index in [1.165, 1.54) is 18.5 Å². The number of nitrogens with zero attached hydrogens (tertiary/aromatic N) is 2. The van der Waals surface area contributed by atoms with E-state index >= 15 is 0 Å². The summed E-state index contributed by atoms with van der Waals surface area (Å²) in [5.74, 6) is 0. The molecule has 1 aromatic carbocycles. The van der Waals surface area contributed by atoms with E-state index in [0.29, 0.717) is 12.5 Å². The van der Waals surface area contributed by atoms with Gasteiger partial charge in [0.2, 0.25) is 0 Å². The second-order valence-electron chi connectivity index (χ2n) is 4.59. The molecule has 90 valence electrons. The molecule has 1 aliphatic rings. The van der Waals surface area contributed by atoms with Gasteiger partial charge in [0.1, 0.15) is 0 Å². The summed E-state index contributed by atoms with van der Waals surface area (Å²) in [4.78, 5) is 2.36. The van der Waals surface area contributed by atoms with Gasteiger partial charge in [-0.25, -0.2) is 0 Å². The summed E-state index contributed by atoms with van der Waals surface area (Å²) >= 11 is 6.17. The van der Waals surface area contributed by atoms with Crippen molar-refractivity contribution < 1.29 is 0 Å². The van der Waals surface area contributed by atoms with Crippen molar-refractivity contribution in [2.75, 3.05) is 11.4 Å². The summed E-state index contributed by atoms with van der Waals surface area (Å²) in [5, 5.41) is 9.71. The number of hydrogen-bond acceptors (Lipinski definition) is 2. The number of halogens is 1. The first kappa shape index (κ1) is 12.3. The van der Waals surface area contributed by atoms with Crippen LogP contribution in [-0.2, 0) is 0 Å². The van der Waals surface area contributed by atoms with Crippen LogP contribution in [0.5, 0.6) is 0 Å². The minimum absolute atomic E-state index is 0.353. The predicted octanol–water partition coefficient (Wildman–Crippen LogP) is 3.92. The van der Waals surface area contributed by atoms with Gasteiger partial charge in [-0.2, -0.15) is 5.26 Å². The largest absolute Gasteiger partial charge is 0.367 e. The number of piperidine rings is 1. The summed E-state index contributed by atoms with van der Waals surface area (Å²) < 4.78 is 0. The molecule has 1 heterocycles. The van der Waals surface area contributed by atoms with Crippen LogP contribution in [0.1, 0.15) is 31.2 Å². The van der Waals surface area contributed by atoms with E-state index in [9.17, 15) is 0 Å². The first-order valence-electron chi connectivity index (χ1n) is 6.12. The van der Waals surface area contributed by atoms with Crippen LogP contribution in [0, 0.1) is 18.3 Å². The van der Waals surface area contributed by atoms with Crippen molar-refractivity contribution in [3.63, 3.8) is 0 Å². The second-order valence-corrected chi connectivity index (χ2v) is 5.00. The maximum atomic E-state index is 8.90. The van der Waals surface area contributed by atoms with Crippen LogP contribution < -0.4 is 4.90 Å². The third kappa shape index (κ3) is 2.56. The molecular weight excluding hydrogens is 232 g/mol. The van der Waals surface area contributed by atoms with Crippen LogP contribution in [0.4, 0.5) is 5.69 Å². The molecule has 0 radical (unpaired) electrons. The quantitative estimate of drug-likeness (QED) is 0.793. The standard InChI is InChI=1S/C14H17ClN2/c1-11-13(15)6-4-7-14(11)17-10-3-2-5-12(17)8-9-16/h4,6-7,12H,2-3,5,8,10H2,1H3. The molecule has 2 nitrogen and oxygen atoms in total. The first-order valence-corrected chi connectivity index (χ1v) is 6.50. The van der Waals surface area contributed by atoms with E-state index < -0.39 is 0 Å². The average Bonchev–Trinajstić information content (AvgIpc) is 2.34. The highest BCUT2D eigenvalue weighted by Crippen LogP contribution is 2.32. The van der Waals surface area contributed by atoms with Crippen LogP contribution in [0.25, 0.3) is 0 Å². The molecule has 1 aromatic rings. The molecule has 1 saturated heterocycles. The molecule has 0 bridgehead atoms. The van der Waals surface area contributed by atoms with Gasteiger partial charge in [0.25, 0.3) is 0 Å². The van der Waals surface area contributed by atoms with Gasteiger partial charge in [0, 0.05) is 23.3 Å². The van der Waals surface area contributed by atoms with Crippen molar-refractivity contribution in [2.24, 2.45) is 0 Å². The molecule has 1 unspecified atom stereocenters. The van der Waals surface area contributed by atoms with E-state index in [4.69, 9.17) is 16.9 Å². The van der Waals surface area contributed by atoms with Crippen LogP contribution in [0.2, 0.25) is 5.02 Å². The van der Waals surface area contributed by atoms with Gasteiger partial charge in [0.05, 0.1) is 12.5 Å². The van der Waals surface area contributed by atoms with Gasteiger partial charge >= 0.3 is 0 Å². The Balaban J connectivity index is 2.30. The number of anilines is 1. The monoisotopic (exact) mass is 248 g/mol. The van der Waals surface area contributed by atoms with Gasteiger partial charge in [-0.15, -0.1) is 0 Å². The highest BCUT2D eigenvalue weighted by atomic mass is 35.5. The van der Waals surface area contributed by atoms with Crippen molar-refractivity contribution in [3.8, 4) is 6.07 Å². The fourth-order valence-corrected chi connectivity index (χ4v) is 2.71. The molecule has 2 rings (SSSR count). The lowest BCUT2D eigenvalue weighted by Crippen LogP contribution is -2.39. The number of rotatable bonds is 2. The second kappa shape index (κ2) is 5.42. The zero-order valence-corrected chi connectivity index (χ0v) is 10.9. The van der Waals surface area contributed by atoms with E-state index in [2.05, 4.69) is 24.0 Å². The topological polar surface area (TPSA) is 27.0 Å². The van der Waals surface area contributed by atoms with Gasteiger partial charge in [-0.3, -0.25) is 0 Å². The third-order valence-corrected chi connectivity index (χ3v) is 3.91. The summed E-state index contributed by atoms with van der Waals surface area (Å²) in [5.41, 5.74) is 2.32. The van der Waals surface area contributed by atoms with Crippen LogP contribution in [-0.4, -0.2) is 12.6 Å². The highest BCUT2D eigenvalue weighted by Gasteiger charge is 2.23. The maximum absolute atomic E-state index is 8.90. The highest BCUT2D eigenvalue weighted by molar-refractivity contribution is 6.31. The Morgan fingerprint density at radius 1 is 1.47 bits per heavy atom. The minimum Gasteiger partial charge on any atom is -0.367 e. The number of benzene rings is 1. The van der Waals surface area contributed by atoms with Crippen molar-refractivity contribution in [3.05, 3.63) is 28.8 Å². The van der Waals surface area contributed by atoms with Gasteiger partial charge in [0.15, 0.2) is 0 Å². The minimum atomic E-state index is 0.353. The molecule has 1 atom stereocenters. The van der Waals surface area contributed by atoms with Crippen LogP contribution >= 0.6 is 11.6 Å². The third-order valence-electron chi connectivity index (χ3n) is 3.50. The number of nitriles is 1. The van der Waals surface area contributed by atoms with Crippen molar-refractivity contribution >= 4 is 17.3 Å². The lowest BCUT2D eigenvalue weighted by Gasteiger charge is -2.37. The Morgan fingerprint density at radius 2 is 2.29 bits per heavy atom. The Bertz CT molecular complexity index is 436. The van der Waals surface area contributed by atoms with Gasteiger partial charge in [-0.1, -0.05) is 17.7 Å². The smallest absolute Gasteiger partial charge is 0.0643 e. The normalized spacial score (nSPS) is 20.1. The van der Waals surface area contributed by atoms with Gasteiger partial charge < -0.3 is 4.90 Å². The van der Waals surface area contributed by atoms with Crippen molar-refractivity contribution in [1.82, 2.24) is 0 Å². The molecule has 1 fully saturated rings. The average molecular weight is 249 g/mol. The Labute approximate surface area is 108 Å². The molecule has 0 saturated carbocycles. The first-order chi connectivity index (χ1) is 8.24. The molecule has 0 aromatic heterocycles. The van der Waals surface area contributed by atoms with Crippen molar-refractivity contribution in [1.29, 1.82) is 5.26 Å². The molecule has 0 amide bonds. The van der Waals surface area contributed by atoms with Crippen LogP contribution in [0.15, 0.2) is 18.2 Å². The fraction of sp³-hybridized carbons (Fsp3) is 0.500. The zero-order chi connectivity index (χ0) is 12.3. The van der Waals surface area contributed by atoms with E-state index in [1.54, 1.807) is 0 Å².